The third-order valence-corrected chi connectivity index (χ3v) is 4.89. The van der Waals surface area contributed by atoms with Crippen LogP contribution in [0, 0.1) is 19.8 Å². The van der Waals surface area contributed by atoms with Gasteiger partial charge < -0.3 is 4.74 Å². The Morgan fingerprint density at radius 3 is 2.29 bits per heavy atom. The van der Waals surface area contributed by atoms with Crippen molar-refractivity contribution in [3.05, 3.63) is 64.7 Å². The molecule has 0 amide bonds. The number of aryl methyl sites for hydroxylation is 2. The summed E-state index contributed by atoms with van der Waals surface area (Å²) in [7, 11) is 1.72. The van der Waals surface area contributed by atoms with Gasteiger partial charge in [-0.1, -0.05) is 46.3 Å². The van der Waals surface area contributed by atoms with Crippen LogP contribution >= 0.6 is 15.9 Å². The lowest BCUT2D eigenvalue weighted by atomic mass is 9.93. The van der Waals surface area contributed by atoms with E-state index in [4.69, 9.17) is 4.74 Å². The van der Waals surface area contributed by atoms with Gasteiger partial charge in [-0.25, -0.2) is 0 Å². The topological polar surface area (TPSA) is 9.23 Å². The van der Waals surface area contributed by atoms with E-state index < -0.39 is 0 Å². The first-order valence-corrected chi connectivity index (χ1v) is 8.49. The first-order chi connectivity index (χ1) is 10.1. The Morgan fingerprint density at radius 2 is 1.67 bits per heavy atom. The largest absolute Gasteiger partial charge is 0.497 e. The van der Waals surface area contributed by atoms with Crippen molar-refractivity contribution in [3.63, 3.8) is 0 Å². The number of methoxy groups -OCH3 is 1. The summed E-state index contributed by atoms with van der Waals surface area (Å²) in [6.07, 6.45) is 2.17. The molecule has 2 heteroatoms. The van der Waals surface area contributed by atoms with Crippen molar-refractivity contribution < 1.29 is 4.74 Å². The van der Waals surface area contributed by atoms with Crippen molar-refractivity contribution in [1.82, 2.24) is 0 Å². The molecular weight excluding hydrogens is 324 g/mol. The molecule has 0 aliphatic rings. The molecule has 21 heavy (non-hydrogen) atoms. The number of halogens is 1. The second kappa shape index (κ2) is 7.65. The fourth-order valence-corrected chi connectivity index (χ4v) is 3.04. The van der Waals surface area contributed by atoms with Crippen molar-refractivity contribution in [2.24, 2.45) is 5.92 Å². The highest BCUT2D eigenvalue weighted by molar-refractivity contribution is 9.09. The number of alkyl halides is 1. The van der Waals surface area contributed by atoms with Crippen molar-refractivity contribution in [1.29, 1.82) is 0 Å². The van der Waals surface area contributed by atoms with E-state index in [1.165, 1.54) is 22.3 Å². The van der Waals surface area contributed by atoms with Gasteiger partial charge >= 0.3 is 0 Å². The lowest BCUT2D eigenvalue weighted by molar-refractivity contribution is 0.414. The SMILES string of the molecule is COc1cccc(CC(CBr)Cc2ccc(C)c(C)c2)c1. The van der Waals surface area contributed by atoms with Gasteiger partial charge in [-0.3, -0.25) is 0 Å². The van der Waals surface area contributed by atoms with Gasteiger partial charge in [0.25, 0.3) is 0 Å². The van der Waals surface area contributed by atoms with Crippen molar-refractivity contribution in [2.45, 2.75) is 26.7 Å². The molecule has 0 bridgehead atoms. The highest BCUT2D eigenvalue weighted by Gasteiger charge is 2.10. The van der Waals surface area contributed by atoms with Crippen LogP contribution in [0.1, 0.15) is 22.3 Å². The third kappa shape index (κ3) is 4.60. The van der Waals surface area contributed by atoms with Crippen LogP contribution in [0.5, 0.6) is 5.75 Å². The molecule has 2 rings (SSSR count). The molecule has 0 aliphatic heterocycles. The number of ether oxygens (including phenoxy) is 1. The molecule has 0 aliphatic carbocycles. The van der Waals surface area contributed by atoms with E-state index in [-0.39, 0.29) is 0 Å². The quantitative estimate of drug-likeness (QED) is 0.660. The molecule has 2 aromatic carbocycles. The van der Waals surface area contributed by atoms with Crippen LogP contribution in [0.4, 0.5) is 0 Å². The number of rotatable bonds is 6. The Hall–Kier alpha value is -1.28. The van der Waals surface area contributed by atoms with E-state index in [1.54, 1.807) is 7.11 Å². The molecule has 0 saturated carbocycles. The smallest absolute Gasteiger partial charge is 0.119 e. The van der Waals surface area contributed by atoms with Crippen molar-refractivity contribution in [2.75, 3.05) is 12.4 Å². The standard InChI is InChI=1S/C19H23BrO/c1-14-7-8-17(9-15(14)2)11-18(13-20)10-16-5-4-6-19(12-16)21-3/h4-9,12,18H,10-11,13H2,1-3H3. The van der Waals surface area contributed by atoms with Gasteiger partial charge in [0.15, 0.2) is 0 Å². The Kier molecular flexibility index (Phi) is 5.86. The van der Waals surface area contributed by atoms with Crippen LogP contribution in [-0.2, 0) is 12.8 Å². The highest BCUT2D eigenvalue weighted by Crippen LogP contribution is 2.21. The van der Waals surface area contributed by atoms with Crippen LogP contribution in [0.2, 0.25) is 0 Å². The fraction of sp³-hybridized carbons (Fsp3) is 0.368. The van der Waals surface area contributed by atoms with E-state index in [0.29, 0.717) is 5.92 Å². The predicted octanol–water partition coefficient (Wildman–Crippen LogP) is 5.11. The lowest BCUT2D eigenvalue weighted by Crippen LogP contribution is -2.10. The second-order valence-corrected chi connectivity index (χ2v) is 6.35. The number of benzene rings is 2. The summed E-state index contributed by atoms with van der Waals surface area (Å²) in [6.45, 7) is 4.35. The molecule has 0 fully saturated rings. The van der Waals surface area contributed by atoms with Gasteiger partial charge in [-0.15, -0.1) is 0 Å². The monoisotopic (exact) mass is 346 g/mol. The summed E-state index contributed by atoms with van der Waals surface area (Å²) in [5.41, 5.74) is 5.50. The Balaban J connectivity index is 2.07. The third-order valence-electron chi connectivity index (χ3n) is 3.97. The minimum Gasteiger partial charge on any atom is -0.497 e. The number of hydrogen-bond acceptors (Lipinski definition) is 1. The average Bonchev–Trinajstić information content (AvgIpc) is 2.50. The molecule has 0 saturated heterocycles. The fourth-order valence-electron chi connectivity index (χ4n) is 2.58. The van der Waals surface area contributed by atoms with Crippen LogP contribution < -0.4 is 4.74 Å². The molecular formula is C19H23BrO. The van der Waals surface area contributed by atoms with E-state index >= 15 is 0 Å². The first kappa shape index (κ1) is 16.1. The molecule has 0 N–H and O–H groups in total. The van der Waals surface area contributed by atoms with E-state index in [0.717, 1.165) is 23.9 Å². The second-order valence-electron chi connectivity index (χ2n) is 5.70. The first-order valence-electron chi connectivity index (χ1n) is 7.37. The summed E-state index contributed by atoms with van der Waals surface area (Å²) in [5, 5.41) is 1.01. The van der Waals surface area contributed by atoms with Gasteiger partial charge in [0.05, 0.1) is 7.11 Å². The zero-order valence-corrected chi connectivity index (χ0v) is 14.6. The minimum absolute atomic E-state index is 0.596. The van der Waals surface area contributed by atoms with Crippen LogP contribution in [0.15, 0.2) is 42.5 Å². The van der Waals surface area contributed by atoms with Gasteiger partial charge in [-0.2, -0.15) is 0 Å². The van der Waals surface area contributed by atoms with E-state index in [2.05, 4.69) is 66.2 Å². The number of hydrogen-bond donors (Lipinski definition) is 0. The van der Waals surface area contributed by atoms with E-state index in [1.807, 2.05) is 6.07 Å². The zero-order valence-electron chi connectivity index (χ0n) is 13.0. The average molecular weight is 347 g/mol. The molecule has 112 valence electrons. The maximum Gasteiger partial charge on any atom is 0.119 e. The van der Waals surface area contributed by atoms with Crippen LogP contribution in [-0.4, -0.2) is 12.4 Å². The summed E-state index contributed by atoms with van der Waals surface area (Å²) < 4.78 is 5.31. The van der Waals surface area contributed by atoms with Crippen molar-refractivity contribution in [3.8, 4) is 5.75 Å². The lowest BCUT2D eigenvalue weighted by Gasteiger charge is -2.15. The van der Waals surface area contributed by atoms with Gasteiger partial charge in [0.1, 0.15) is 5.75 Å². The van der Waals surface area contributed by atoms with Gasteiger partial charge in [0.2, 0.25) is 0 Å². The maximum absolute atomic E-state index is 5.31. The molecule has 1 unspecified atom stereocenters. The van der Waals surface area contributed by atoms with Crippen LogP contribution in [0.25, 0.3) is 0 Å². The summed E-state index contributed by atoms with van der Waals surface area (Å²) in [5.74, 6) is 1.53. The van der Waals surface area contributed by atoms with E-state index in [9.17, 15) is 0 Å². The van der Waals surface area contributed by atoms with Gasteiger partial charge in [0, 0.05) is 5.33 Å². The molecule has 2 aromatic rings. The maximum atomic E-state index is 5.31. The highest BCUT2D eigenvalue weighted by atomic mass is 79.9. The molecule has 0 radical (unpaired) electrons. The Labute approximate surface area is 136 Å². The summed E-state index contributed by atoms with van der Waals surface area (Å²) in [6, 6.07) is 15.2. The Morgan fingerprint density at radius 1 is 0.952 bits per heavy atom. The minimum atomic E-state index is 0.596. The van der Waals surface area contributed by atoms with Gasteiger partial charge in [-0.05, 0) is 67.0 Å². The van der Waals surface area contributed by atoms with Crippen LogP contribution in [0.3, 0.4) is 0 Å². The molecule has 0 heterocycles. The summed E-state index contributed by atoms with van der Waals surface area (Å²) in [4.78, 5) is 0. The molecule has 0 spiro atoms. The molecule has 1 nitrogen and oxygen atoms in total. The Bertz CT molecular complexity index is 592. The van der Waals surface area contributed by atoms with Crippen molar-refractivity contribution >= 4 is 15.9 Å². The zero-order chi connectivity index (χ0) is 15.2. The predicted molar refractivity (Wildman–Crippen MR) is 93.6 cm³/mol. The summed E-state index contributed by atoms with van der Waals surface area (Å²) >= 11 is 3.67. The molecule has 0 aromatic heterocycles. The normalized spacial score (nSPS) is 12.2. The molecule has 1 atom stereocenters.